The molecule has 4 nitrogen and oxygen atoms in total. The maximum atomic E-state index is 12.0. The predicted octanol–water partition coefficient (Wildman–Crippen LogP) is 3.66. The summed E-state index contributed by atoms with van der Waals surface area (Å²) in [5.74, 6) is -0.581. The van der Waals surface area contributed by atoms with Gasteiger partial charge in [0.1, 0.15) is 16.4 Å². The Labute approximate surface area is 125 Å². The van der Waals surface area contributed by atoms with Gasteiger partial charge in [0.05, 0.1) is 0 Å². The normalized spacial score (nSPS) is 12.0. The molecule has 2 aromatic carbocycles. The SMILES string of the molecule is Cc1ccc(S(=O)(=O)Oc2ccc(OC(F)(F)F)cc2)cc1. The molecule has 0 spiro atoms. The monoisotopic (exact) mass is 332 g/mol. The number of benzene rings is 2. The van der Waals surface area contributed by atoms with E-state index in [0.717, 1.165) is 29.8 Å². The molecule has 8 heteroatoms. The van der Waals surface area contributed by atoms with Crippen LogP contribution < -0.4 is 8.92 Å². The van der Waals surface area contributed by atoms with E-state index in [1.54, 1.807) is 19.1 Å². The second kappa shape index (κ2) is 5.88. The molecule has 0 aliphatic carbocycles. The molecule has 0 unspecified atom stereocenters. The molecule has 0 aliphatic heterocycles. The number of hydrogen-bond acceptors (Lipinski definition) is 4. The summed E-state index contributed by atoms with van der Waals surface area (Å²) in [4.78, 5) is -0.0475. The summed E-state index contributed by atoms with van der Waals surface area (Å²) in [5, 5.41) is 0. The van der Waals surface area contributed by atoms with Crippen molar-refractivity contribution < 1.29 is 30.5 Å². The Kier molecular flexibility index (Phi) is 4.32. The Balaban J connectivity index is 2.14. The van der Waals surface area contributed by atoms with Gasteiger partial charge in [0.25, 0.3) is 0 Å². The van der Waals surface area contributed by atoms with Crippen LogP contribution in [-0.2, 0) is 10.1 Å². The molecule has 0 atom stereocenters. The van der Waals surface area contributed by atoms with E-state index in [9.17, 15) is 21.6 Å². The highest BCUT2D eigenvalue weighted by Gasteiger charge is 2.31. The van der Waals surface area contributed by atoms with Crippen LogP contribution in [-0.4, -0.2) is 14.8 Å². The van der Waals surface area contributed by atoms with Crippen LogP contribution in [0.3, 0.4) is 0 Å². The van der Waals surface area contributed by atoms with E-state index in [1.807, 2.05) is 0 Å². The van der Waals surface area contributed by atoms with E-state index in [-0.39, 0.29) is 10.6 Å². The maximum absolute atomic E-state index is 12.0. The molecule has 2 aromatic rings. The minimum Gasteiger partial charge on any atom is -0.406 e. The lowest BCUT2D eigenvalue weighted by Gasteiger charge is -2.10. The fraction of sp³-hybridized carbons (Fsp3) is 0.143. The molecule has 0 radical (unpaired) electrons. The molecule has 0 heterocycles. The average molecular weight is 332 g/mol. The molecule has 0 fully saturated rings. The van der Waals surface area contributed by atoms with Gasteiger partial charge in [-0.2, -0.15) is 8.42 Å². The summed E-state index contributed by atoms with van der Waals surface area (Å²) in [6.07, 6.45) is -4.81. The minimum absolute atomic E-state index is 0.0475. The van der Waals surface area contributed by atoms with Crippen LogP contribution in [0.5, 0.6) is 11.5 Å². The standard InChI is InChI=1S/C14H11F3O4S/c1-10-2-8-13(9-3-10)22(18,19)21-12-6-4-11(5-7-12)20-14(15,16)17/h2-9H,1H3. The summed E-state index contributed by atoms with van der Waals surface area (Å²) in [6.45, 7) is 1.80. The van der Waals surface area contributed by atoms with Crippen LogP contribution in [0.25, 0.3) is 0 Å². The molecule has 0 saturated carbocycles. The van der Waals surface area contributed by atoms with Gasteiger partial charge in [-0.25, -0.2) is 0 Å². The van der Waals surface area contributed by atoms with E-state index < -0.39 is 22.2 Å². The fourth-order valence-electron chi connectivity index (χ4n) is 1.58. The van der Waals surface area contributed by atoms with Gasteiger partial charge in [-0.3, -0.25) is 0 Å². The summed E-state index contributed by atoms with van der Waals surface area (Å²) in [6, 6.07) is 10.1. The molecular formula is C14H11F3O4S. The van der Waals surface area contributed by atoms with Crippen molar-refractivity contribution in [3.8, 4) is 11.5 Å². The Morgan fingerprint density at radius 1 is 0.864 bits per heavy atom. The Bertz CT molecular complexity index is 735. The first-order chi connectivity index (χ1) is 10.2. The van der Waals surface area contributed by atoms with Gasteiger partial charge in [-0.1, -0.05) is 17.7 Å². The van der Waals surface area contributed by atoms with Gasteiger partial charge >= 0.3 is 16.5 Å². The summed E-state index contributed by atoms with van der Waals surface area (Å²) in [7, 11) is -4.04. The van der Waals surface area contributed by atoms with Gasteiger partial charge in [0, 0.05) is 0 Å². The zero-order valence-electron chi connectivity index (χ0n) is 11.3. The molecule has 2 rings (SSSR count). The van der Waals surface area contributed by atoms with E-state index >= 15 is 0 Å². The van der Waals surface area contributed by atoms with Crippen LogP contribution in [0, 0.1) is 6.92 Å². The highest BCUT2D eigenvalue weighted by atomic mass is 32.2. The average Bonchev–Trinajstić information content (AvgIpc) is 2.39. The number of aryl methyl sites for hydroxylation is 1. The summed E-state index contributed by atoms with van der Waals surface area (Å²) in [5.41, 5.74) is 0.882. The van der Waals surface area contributed by atoms with Crippen LogP contribution in [0.15, 0.2) is 53.4 Å². The molecule has 0 N–H and O–H groups in total. The lowest BCUT2D eigenvalue weighted by Crippen LogP contribution is -2.17. The number of hydrogen-bond donors (Lipinski definition) is 0. The first kappa shape index (κ1) is 16.2. The zero-order valence-corrected chi connectivity index (χ0v) is 12.1. The van der Waals surface area contributed by atoms with Crippen LogP contribution in [0.2, 0.25) is 0 Å². The van der Waals surface area contributed by atoms with Crippen molar-refractivity contribution >= 4 is 10.1 Å². The van der Waals surface area contributed by atoms with E-state index in [2.05, 4.69) is 4.74 Å². The Morgan fingerprint density at radius 3 is 1.86 bits per heavy atom. The molecule has 0 aliphatic rings. The van der Waals surface area contributed by atoms with Crippen molar-refractivity contribution in [1.29, 1.82) is 0 Å². The van der Waals surface area contributed by atoms with Gasteiger partial charge in [-0.05, 0) is 43.3 Å². The lowest BCUT2D eigenvalue weighted by molar-refractivity contribution is -0.274. The molecule has 0 saturated heterocycles. The van der Waals surface area contributed by atoms with Crippen LogP contribution >= 0.6 is 0 Å². The molecule has 118 valence electrons. The van der Waals surface area contributed by atoms with Crippen molar-refractivity contribution in [2.24, 2.45) is 0 Å². The number of ether oxygens (including phenoxy) is 1. The summed E-state index contributed by atoms with van der Waals surface area (Å²) >= 11 is 0. The van der Waals surface area contributed by atoms with Crippen molar-refractivity contribution in [1.82, 2.24) is 0 Å². The third-order valence-corrected chi connectivity index (χ3v) is 3.83. The van der Waals surface area contributed by atoms with Gasteiger partial charge in [-0.15, -0.1) is 13.2 Å². The van der Waals surface area contributed by atoms with E-state index in [1.165, 1.54) is 12.1 Å². The highest BCUT2D eigenvalue weighted by Crippen LogP contribution is 2.26. The first-order valence-corrected chi connectivity index (χ1v) is 7.43. The van der Waals surface area contributed by atoms with Crippen molar-refractivity contribution in [3.05, 3.63) is 54.1 Å². The smallest absolute Gasteiger partial charge is 0.406 e. The number of halogens is 3. The molecule has 22 heavy (non-hydrogen) atoms. The van der Waals surface area contributed by atoms with Gasteiger partial charge in [0.15, 0.2) is 0 Å². The third-order valence-electron chi connectivity index (χ3n) is 2.57. The van der Waals surface area contributed by atoms with Crippen molar-refractivity contribution in [2.75, 3.05) is 0 Å². The molecule has 0 amide bonds. The number of alkyl halides is 3. The third kappa shape index (κ3) is 4.39. The zero-order chi connectivity index (χ0) is 16.4. The second-order valence-corrected chi connectivity index (χ2v) is 5.92. The van der Waals surface area contributed by atoms with E-state index in [4.69, 9.17) is 4.18 Å². The van der Waals surface area contributed by atoms with Gasteiger partial charge in [0.2, 0.25) is 0 Å². The van der Waals surface area contributed by atoms with Crippen molar-refractivity contribution in [3.63, 3.8) is 0 Å². The quantitative estimate of drug-likeness (QED) is 0.802. The topological polar surface area (TPSA) is 52.6 Å². The number of rotatable bonds is 4. The van der Waals surface area contributed by atoms with Crippen molar-refractivity contribution in [2.45, 2.75) is 18.2 Å². The van der Waals surface area contributed by atoms with Gasteiger partial charge < -0.3 is 8.92 Å². The molecule has 0 aromatic heterocycles. The van der Waals surface area contributed by atoms with E-state index in [0.29, 0.717) is 0 Å². The summed E-state index contributed by atoms with van der Waals surface area (Å²) < 4.78 is 68.6. The molecular weight excluding hydrogens is 321 g/mol. The first-order valence-electron chi connectivity index (χ1n) is 6.03. The Hall–Kier alpha value is -2.22. The fourth-order valence-corrected chi connectivity index (χ4v) is 2.51. The Morgan fingerprint density at radius 2 is 1.36 bits per heavy atom. The van der Waals surface area contributed by atoms with Crippen LogP contribution in [0.4, 0.5) is 13.2 Å². The largest absolute Gasteiger partial charge is 0.573 e. The maximum Gasteiger partial charge on any atom is 0.573 e. The lowest BCUT2D eigenvalue weighted by atomic mass is 10.2. The molecule has 0 bridgehead atoms. The minimum atomic E-state index is -4.81. The highest BCUT2D eigenvalue weighted by molar-refractivity contribution is 7.87. The predicted molar refractivity (Wildman–Crippen MR) is 72.1 cm³/mol. The second-order valence-electron chi connectivity index (χ2n) is 4.37. The van der Waals surface area contributed by atoms with Crippen LogP contribution in [0.1, 0.15) is 5.56 Å².